The molecule has 10 heterocycles. The SMILES string of the molecule is CC1C[C@]2(C)c3nn(C)c(-c4ccccc4)c3CC[C@H]2N(C)C1=O.CN1C(=O)C(I)=C[C@]2(C)c3nn(C)c(-c4ccccc4)c3CC[C@@H]12.CN1C(=O)C=C[C@]2(C)c3nn(C)c(-c4ccccc4)c3CC[C@@H]12.CN1C(=O)CC[C@]2(C)c3nn(C)c(-c4ccccc4)c3CC[C@@H]12.[3H]C.[C-]#[N+]C1=C[C@]2(C)c3nn(C)c(-c4ccccc4)c3CC[C@H]2N(C)C1O. The van der Waals surface area contributed by atoms with Crippen LogP contribution in [0, 0.1) is 12.5 Å². The number of rotatable bonds is 5. The molecule has 0 spiro atoms. The lowest BCUT2D eigenvalue weighted by molar-refractivity contribution is -0.143. The van der Waals surface area contributed by atoms with E-state index in [0.717, 1.165) is 103 Å². The van der Waals surface area contributed by atoms with Crippen LogP contribution < -0.4 is 0 Å². The van der Waals surface area contributed by atoms with Gasteiger partial charge in [0, 0.05) is 185 Å². The molecule has 0 radical (unpaired) electrons. The zero-order valence-corrected chi connectivity index (χ0v) is 74.7. The van der Waals surface area contributed by atoms with Crippen LogP contribution in [0.5, 0.6) is 0 Å². The Morgan fingerprint density at radius 1 is 0.433 bits per heavy atom. The van der Waals surface area contributed by atoms with Gasteiger partial charge in [-0.15, -0.1) is 0 Å². The molecular weight excluding hydrogens is 1610 g/mol. The van der Waals surface area contributed by atoms with E-state index in [4.69, 9.17) is 33.4 Å². The molecule has 5 aliphatic carbocycles. The molecule has 10 aromatic rings. The maximum atomic E-state index is 12.4. The Morgan fingerprint density at radius 3 is 1.17 bits per heavy atom. The Morgan fingerprint density at radius 2 is 0.767 bits per heavy atom. The highest BCUT2D eigenvalue weighted by Crippen LogP contribution is 2.53. The van der Waals surface area contributed by atoms with Crippen molar-refractivity contribution in [2.75, 3.05) is 35.2 Å². The molecule has 12 atom stereocenters. The second-order valence-corrected chi connectivity index (χ2v) is 36.9. The first kappa shape index (κ1) is 83.1. The lowest BCUT2D eigenvalue weighted by Gasteiger charge is -2.50. The number of aliphatic hydroxyl groups excluding tert-OH is 1. The molecule has 0 bridgehead atoms. The maximum Gasteiger partial charge on any atom is 0.259 e. The Balaban J connectivity index is 0.000000117. The van der Waals surface area contributed by atoms with E-state index in [1.54, 1.807) is 6.08 Å². The third-order valence-electron chi connectivity index (χ3n) is 28.7. The molecule has 0 saturated carbocycles. The largest absolute Gasteiger partial charge is 0.384 e. The number of piperidine rings is 2. The van der Waals surface area contributed by atoms with Crippen molar-refractivity contribution in [2.24, 2.45) is 41.2 Å². The van der Waals surface area contributed by atoms with Crippen LogP contribution in [-0.4, -0.2) is 174 Å². The number of aromatic nitrogens is 10. The van der Waals surface area contributed by atoms with Crippen molar-refractivity contribution in [1.82, 2.24) is 73.4 Å². The van der Waals surface area contributed by atoms with Crippen LogP contribution in [0.2, 0.25) is 0 Å². The molecule has 2 unspecified atom stereocenters. The second kappa shape index (κ2) is 32.4. The van der Waals surface area contributed by atoms with Gasteiger partial charge in [-0.1, -0.05) is 205 Å². The van der Waals surface area contributed by atoms with Crippen LogP contribution in [0.3, 0.4) is 0 Å². The van der Waals surface area contributed by atoms with Crippen LogP contribution in [0.4, 0.5) is 0 Å². The number of aryl methyl sites for hydroxylation is 5. The predicted octanol–water partition coefficient (Wildman–Crippen LogP) is 15.6. The van der Waals surface area contributed by atoms with Crippen molar-refractivity contribution in [3.8, 4) is 56.3 Å². The van der Waals surface area contributed by atoms with E-state index in [2.05, 4.69) is 190 Å². The van der Waals surface area contributed by atoms with Gasteiger partial charge in [-0.25, -0.2) is 4.85 Å². The molecular formula is C98H115IN16O5. The number of halogens is 1. The van der Waals surface area contributed by atoms with Gasteiger partial charge in [-0.2, -0.15) is 25.5 Å². The second-order valence-electron chi connectivity index (χ2n) is 35.8. The Kier molecular flexibility index (Phi) is 22.4. The van der Waals surface area contributed by atoms with E-state index in [0.29, 0.717) is 12.1 Å². The van der Waals surface area contributed by atoms with Crippen molar-refractivity contribution >= 4 is 46.2 Å². The average Bonchev–Trinajstić information content (AvgIpc) is 1.65. The summed E-state index contributed by atoms with van der Waals surface area (Å²) in [4.78, 5) is 62.1. The Labute approximate surface area is 722 Å². The summed E-state index contributed by atoms with van der Waals surface area (Å²) < 4.78 is 16.6. The number of likely N-dealkylation sites (N-methyl/N-ethyl adjacent to an activating group) is 5. The highest BCUT2D eigenvalue weighted by atomic mass is 127. The van der Waals surface area contributed by atoms with Crippen LogP contribution in [0.15, 0.2) is 185 Å². The standard InChI is InChI=1S/C20H22N4O.C20H25N3O.C19H20IN3O.C19H23N3O.C19H21N3O.CH4/c1-20-12-15(21-2)19(25)23(3)16(20)11-10-14-17(24(4)22-18(14)20)13-8-6-5-7-9-13;1-13-12-20(2)16(22(3)19(13)24)11-10-15-17(23(4)21-18(15)20)14-8-6-5-7-9-14;1-19-11-14(20)18(24)22(2)15(19)10-9-13-16(23(3)21-17(13)19)12-7-5-4-6-8-12;2*1-19-12-11-16(23)21(2)15(19)10-9-14-17(22(3)20-18(14)19)13-7-5-4-6-8-13;/h5-9,12,16,19,25H,10-11H2,1,3-4H3;5-9,13,16H,10-12H2,1-4H3;4-8,11,15H,9-10H2,1-3H3;4-8,15H,9-12H2,1-3H3;4-8,11-12,15H,9-10H2,1-3H3;1H4/t16-,19?,20+;13?,16-,20+;3*15-,19+;/m11111./s1/i;;;;;1T. The summed E-state index contributed by atoms with van der Waals surface area (Å²) in [6, 6.07) is 53.3. The quantitative estimate of drug-likeness (QED) is 0.127. The molecule has 5 aromatic heterocycles. The topological polar surface area (TPSA) is 198 Å². The average molecular weight is 1730 g/mol. The highest BCUT2D eigenvalue weighted by molar-refractivity contribution is 14.1. The number of amides is 4. The smallest absolute Gasteiger partial charge is 0.259 e. The van der Waals surface area contributed by atoms with E-state index >= 15 is 0 Å². The number of carbonyl (C=O) groups excluding carboxylic acids is 4. The molecule has 120 heavy (non-hydrogen) atoms. The van der Waals surface area contributed by atoms with E-state index in [1.807, 2.05) is 167 Å². The number of nitrogens with zero attached hydrogens (tertiary/aromatic N) is 16. The molecule has 20 rings (SSSR count). The molecule has 4 amide bonds. The van der Waals surface area contributed by atoms with E-state index in [9.17, 15) is 24.3 Å². The minimum atomic E-state index is -0.825. The minimum absolute atomic E-state index is 0.0268. The van der Waals surface area contributed by atoms with E-state index in [-0.39, 0.29) is 86.8 Å². The first-order valence-electron chi connectivity index (χ1n) is 43.1. The summed E-state index contributed by atoms with van der Waals surface area (Å²) in [5.74, 6) is 0.829. The zero-order valence-electron chi connectivity index (χ0n) is 73.6. The van der Waals surface area contributed by atoms with E-state index in [1.165, 1.54) is 97.2 Å². The van der Waals surface area contributed by atoms with Gasteiger partial charge < -0.3 is 24.7 Å². The first-order valence-corrected chi connectivity index (χ1v) is 43.2. The number of fused-ring (bicyclic) bond motifs is 15. The van der Waals surface area contributed by atoms with Gasteiger partial charge in [-0.05, 0) is 121 Å². The molecule has 2 fully saturated rings. The fraction of sp³-hybridized carbons (Fsp3) is 0.429. The lowest BCUT2D eigenvalue weighted by atomic mass is 9.63. The summed E-state index contributed by atoms with van der Waals surface area (Å²) in [6.07, 6.45) is 19.1. The number of hydrogen-bond donors (Lipinski definition) is 1. The van der Waals surface area contributed by atoms with Crippen molar-refractivity contribution in [3.05, 3.63) is 253 Å². The van der Waals surface area contributed by atoms with Gasteiger partial charge in [-0.3, -0.25) is 47.5 Å². The molecule has 22 heteroatoms. The predicted molar refractivity (Wildman–Crippen MR) is 481 cm³/mol. The van der Waals surface area contributed by atoms with Gasteiger partial charge in [0.1, 0.15) is 6.23 Å². The number of aliphatic hydroxyl groups is 1. The summed E-state index contributed by atoms with van der Waals surface area (Å²) in [7, 11) is 21.0. The normalized spacial score (nSPS) is 27.2. The molecule has 5 aromatic carbocycles. The molecule has 624 valence electrons. The summed E-state index contributed by atoms with van der Waals surface area (Å²) >= 11 is 2.16. The van der Waals surface area contributed by atoms with Gasteiger partial charge in [0.05, 0.1) is 77.9 Å². The zero-order chi connectivity index (χ0) is 86.3. The molecule has 5 aliphatic heterocycles. The van der Waals surface area contributed by atoms with Crippen molar-refractivity contribution in [2.45, 2.75) is 196 Å². The first-order chi connectivity index (χ1) is 57.9. The van der Waals surface area contributed by atoms with Crippen LogP contribution in [0.1, 0.15) is 158 Å². The minimum Gasteiger partial charge on any atom is -0.384 e. The van der Waals surface area contributed by atoms with Gasteiger partial charge in [0.2, 0.25) is 23.4 Å². The van der Waals surface area contributed by atoms with Crippen molar-refractivity contribution < 1.29 is 25.7 Å². The van der Waals surface area contributed by atoms with Crippen molar-refractivity contribution in [3.63, 3.8) is 0 Å². The monoisotopic (exact) mass is 1720 g/mol. The van der Waals surface area contributed by atoms with Crippen LogP contribution in [-0.2, 0) is 114 Å². The summed E-state index contributed by atoms with van der Waals surface area (Å²) in [6.45, 7) is 20.6. The third-order valence-corrected chi connectivity index (χ3v) is 29.4. The van der Waals surface area contributed by atoms with Gasteiger partial charge in [0.15, 0.2) is 0 Å². The molecule has 21 nitrogen and oxygen atoms in total. The maximum absolute atomic E-state index is 12.4. The highest BCUT2D eigenvalue weighted by Gasteiger charge is 2.55. The van der Waals surface area contributed by atoms with Gasteiger partial charge in [0.25, 0.3) is 5.91 Å². The Hall–Kier alpha value is -10.6. The Bertz CT molecular complexity index is 5740. The van der Waals surface area contributed by atoms with Crippen LogP contribution in [0.25, 0.3) is 61.1 Å². The lowest BCUT2D eigenvalue weighted by Crippen LogP contribution is -2.59. The van der Waals surface area contributed by atoms with Gasteiger partial charge >= 0.3 is 0 Å². The fourth-order valence-electron chi connectivity index (χ4n) is 22.8. The number of carbonyl (C=O) groups is 4. The summed E-state index contributed by atoms with van der Waals surface area (Å²) in [5.41, 5.74) is 23.9. The third kappa shape index (κ3) is 13.9. The summed E-state index contributed by atoms with van der Waals surface area (Å²) in [5, 5.41) is 34.9. The number of likely N-dealkylation sites (tertiary alicyclic amines) is 2. The fourth-order valence-corrected chi connectivity index (χ4v) is 23.8. The van der Waals surface area contributed by atoms with Crippen LogP contribution >= 0.6 is 22.6 Å². The van der Waals surface area contributed by atoms with Crippen molar-refractivity contribution in [1.29, 1.82) is 0 Å². The number of hydrogen-bond acceptors (Lipinski definition) is 11. The molecule has 2 saturated heterocycles. The number of benzene rings is 5. The molecule has 1 N–H and O–H groups in total. The van der Waals surface area contributed by atoms with E-state index < -0.39 is 6.23 Å². The molecule has 10 aliphatic rings.